The van der Waals surface area contributed by atoms with Crippen molar-refractivity contribution in [3.8, 4) is 5.75 Å². The molecule has 1 aromatic carbocycles. The topological polar surface area (TPSA) is 102 Å². The van der Waals surface area contributed by atoms with Crippen molar-refractivity contribution >= 4 is 23.5 Å². The monoisotopic (exact) mass is 279 g/mol. The fourth-order valence-corrected chi connectivity index (χ4v) is 1.17. The summed E-state index contributed by atoms with van der Waals surface area (Å²) in [7, 11) is 1.26. The number of amides is 1. The Labute approximate surface area is 114 Å². The summed E-state index contributed by atoms with van der Waals surface area (Å²) in [6.45, 7) is -0.205. The lowest BCUT2D eigenvalue weighted by Crippen LogP contribution is -2.12. The standard InChI is InChI=1S/C13H13NO6/c1-19-13(18)8-20-10-4-2-9(3-5-10)14-11(15)6-7-12(16)17/h2-7H,8H2,1H3,(H,14,15)(H,16,17)/b7-6+. The summed E-state index contributed by atoms with van der Waals surface area (Å²) in [5.74, 6) is -1.82. The van der Waals surface area contributed by atoms with Crippen molar-refractivity contribution in [2.45, 2.75) is 0 Å². The van der Waals surface area contributed by atoms with Crippen LogP contribution in [-0.2, 0) is 19.1 Å². The predicted molar refractivity (Wildman–Crippen MR) is 69.4 cm³/mol. The van der Waals surface area contributed by atoms with Gasteiger partial charge in [0.05, 0.1) is 7.11 Å². The van der Waals surface area contributed by atoms with Crippen LogP contribution in [0.15, 0.2) is 36.4 Å². The van der Waals surface area contributed by atoms with Crippen LogP contribution in [0.3, 0.4) is 0 Å². The Balaban J connectivity index is 2.52. The molecule has 0 aliphatic heterocycles. The van der Waals surface area contributed by atoms with E-state index >= 15 is 0 Å². The second-order valence-electron chi connectivity index (χ2n) is 3.55. The van der Waals surface area contributed by atoms with E-state index in [4.69, 9.17) is 9.84 Å². The van der Waals surface area contributed by atoms with Gasteiger partial charge in [-0.3, -0.25) is 4.79 Å². The van der Waals surface area contributed by atoms with Crippen LogP contribution in [0, 0.1) is 0 Å². The number of benzene rings is 1. The number of carbonyl (C=O) groups is 3. The van der Waals surface area contributed by atoms with E-state index in [0.717, 1.165) is 12.2 Å². The molecule has 0 unspecified atom stereocenters. The van der Waals surface area contributed by atoms with Crippen LogP contribution in [0.25, 0.3) is 0 Å². The lowest BCUT2D eigenvalue weighted by atomic mass is 10.3. The third kappa shape index (κ3) is 5.67. The summed E-state index contributed by atoms with van der Waals surface area (Å²) in [5.41, 5.74) is 0.468. The molecule has 0 saturated carbocycles. The molecule has 0 heterocycles. The van der Waals surface area contributed by atoms with Gasteiger partial charge in [-0.05, 0) is 24.3 Å². The Bertz CT molecular complexity index is 520. The number of carboxylic acid groups (broad SMARTS) is 1. The number of hydrogen-bond acceptors (Lipinski definition) is 5. The van der Waals surface area contributed by atoms with Crippen molar-refractivity contribution in [3.05, 3.63) is 36.4 Å². The van der Waals surface area contributed by atoms with Crippen LogP contribution in [0.4, 0.5) is 5.69 Å². The number of esters is 1. The zero-order valence-corrected chi connectivity index (χ0v) is 10.7. The van der Waals surface area contributed by atoms with E-state index in [1.807, 2.05) is 0 Å². The van der Waals surface area contributed by atoms with Gasteiger partial charge in [0.1, 0.15) is 5.75 Å². The van der Waals surface area contributed by atoms with Gasteiger partial charge in [-0.1, -0.05) is 0 Å². The number of carbonyl (C=O) groups excluding carboxylic acids is 2. The lowest BCUT2D eigenvalue weighted by Gasteiger charge is -2.06. The highest BCUT2D eigenvalue weighted by Crippen LogP contribution is 2.15. The quantitative estimate of drug-likeness (QED) is 0.590. The second kappa shape index (κ2) is 7.57. The molecule has 106 valence electrons. The van der Waals surface area contributed by atoms with E-state index in [0.29, 0.717) is 11.4 Å². The molecule has 1 aromatic rings. The van der Waals surface area contributed by atoms with Crippen LogP contribution < -0.4 is 10.1 Å². The summed E-state index contributed by atoms with van der Waals surface area (Å²) in [6.07, 6.45) is 1.65. The van der Waals surface area contributed by atoms with Gasteiger partial charge < -0.3 is 19.9 Å². The first-order valence-electron chi connectivity index (χ1n) is 5.53. The number of aliphatic carboxylic acids is 1. The molecule has 1 rings (SSSR count). The van der Waals surface area contributed by atoms with Gasteiger partial charge in [-0.25, -0.2) is 9.59 Å². The minimum absolute atomic E-state index is 0.205. The Morgan fingerprint density at radius 3 is 2.40 bits per heavy atom. The highest BCUT2D eigenvalue weighted by atomic mass is 16.6. The zero-order valence-electron chi connectivity index (χ0n) is 10.7. The van der Waals surface area contributed by atoms with Crippen molar-refractivity contribution in [3.63, 3.8) is 0 Å². The Morgan fingerprint density at radius 2 is 1.85 bits per heavy atom. The molecule has 0 aliphatic carbocycles. The molecule has 0 aliphatic rings. The van der Waals surface area contributed by atoms with Crippen LogP contribution in [0.5, 0.6) is 5.75 Å². The molecule has 0 atom stereocenters. The predicted octanol–water partition coefficient (Wildman–Crippen LogP) is 0.818. The van der Waals surface area contributed by atoms with Crippen LogP contribution in [0.1, 0.15) is 0 Å². The lowest BCUT2D eigenvalue weighted by molar-refractivity contribution is -0.143. The maximum atomic E-state index is 11.3. The van der Waals surface area contributed by atoms with Crippen molar-refractivity contribution in [2.75, 3.05) is 19.0 Å². The average molecular weight is 279 g/mol. The molecule has 1 amide bonds. The fraction of sp³-hybridized carbons (Fsp3) is 0.154. The number of carboxylic acids is 1. The largest absolute Gasteiger partial charge is 0.482 e. The van der Waals surface area contributed by atoms with Gasteiger partial charge in [-0.15, -0.1) is 0 Å². The van der Waals surface area contributed by atoms with Gasteiger partial charge in [0.2, 0.25) is 5.91 Å². The van der Waals surface area contributed by atoms with Crippen molar-refractivity contribution in [2.24, 2.45) is 0 Å². The van der Waals surface area contributed by atoms with Gasteiger partial charge in [0, 0.05) is 17.8 Å². The average Bonchev–Trinajstić information content (AvgIpc) is 2.44. The summed E-state index contributed by atoms with van der Waals surface area (Å²) in [4.78, 5) is 32.4. The summed E-state index contributed by atoms with van der Waals surface area (Å²) in [6, 6.07) is 6.22. The number of methoxy groups -OCH3 is 1. The van der Waals surface area contributed by atoms with Crippen LogP contribution in [-0.4, -0.2) is 36.7 Å². The number of ether oxygens (including phenoxy) is 2. The van der Waals surface area contributed by atoms with Gasteiger partial charge in [0.25, 0.3) is 0 Å². The van der Waals surface area contributed by atoms with Gasteiger partial charge >= 0.3 is 11.9 Å². The second-order valence-corrected chi connectivity index (χ2v) is 3.55. The maximum absolute atomic E-state index is 11.3. The number of rotatable bonds is 6. The summed E-state index contributed by atoms with van der Waals surface area (Å²) in [5, 5.41) is 10.8. The van der Waals surface area contributed by atoms with E-state index in [1.54, 1.807) is 24.3 Å². The van der Waals surface area contributed by atoms with Gasteiger partial charge in [0.15, 0.2) is 6.61 Å². The molecule has 0 radical (unpaired) electrons. The van der Waals surface area contributed by atoms with Crippen molar-refractivity contribution in [1.82, 2.24) is 0 Å². The van der Waals surface area contributed by atoms with E-state index in [-0.39, 0.29) is 6.61 Å². The Morgan fingerprint density at radius 1 is 1.20 bits per heavy atom. The number of hydrogen-bond donors (Lipinski definition) is 2. The molecule has 20 heavy (non-hydrogen) atoms. The molecule has 0 bridgehead atoms. The third-order valence-corrected chi connectivity index (χ3v) is 2.08. The first-order valence-corrected chi connectivity index (χ1v) is 5.53. The molecule has 0 saturated heterocycles. The molecule has 2 N–H and O–H groups in total. The molecule has 0 fully saturated rings. The highest BCUT2D eigenvalue weighted by molar-refractivity contribution is 6.02. The molecular weight excluding hydrogens is 266 g/mol. The van der Waals surface area contributed by atoms with E-state index < -0.39 is 17.8 Å². The van der Waals surface area contributed by atoms with Crippen LogP contribution >= 0.6 is 0 Å². The Kier molecular flexibility index (Phi) is 5.76. The van der Waals surface area contributed by atoms with E-state index in [2.05, 4.69) is 10.1 Å². The Hall–Kier alpha value is -2.83. The smallest absolute Gasteiger partial charge is 0.343 e. The fourth-order valence-electron chi connectivity index (χ4n) is 1.17. The van der Waals surface area contributed by atoms with Gasteiger partial charge in [-0.2, -0.15) is 0 Å². The molecule has 7 nitrogen and oxygen atoms in total. The minimum Gasteiger partial charge on any atom is -0.482 e. The van der Waals surface area contributed by atoms with E-state index in [1.165, 1.54) is 7.11 Å². The SMILES string of the molecule is COC(=O)COc1ccc(NC(=O)/C=C/C(=O)O)cc1. The minimum atomic E-state index is -1.20. The molecule has 7 heteroatoms. The third-order valence-electron chi connectivity index (χ3n) is 2.08. The molecular formula is C13H13NO6. The number of nitrogens with one attached hydrogen (secondary N) is 1. The molecule has 0 spiro atoms. The van der Waals surface area contributed by atoms with Crippen molar-refractivity contribution in [1.29, 1.82) is 0 Å². The maximum Gasteiger partial charge on any atom is 0.343 e. The summed E-state index contributed by atoms with van der Waals surface area (Å²) < 4.78 is 9.54. The highest BCUT2D eigenvalue weighted by Gasteiger charge is 2.03. The normalized spacial score (nSPS) is 10.1. The van der Waals surface area contributed by atoms with E-state index in [9.17, 15) is 14.4 Å². The summed E-state index contributed by atoms with van der Waals surface area (Å²) >= 11 is 0. The molecule has 0 aromatic heterocycles. The van der Waals surface area contributed by atoms with Crippen LogP contribution in [0.2, 0.25) is 0 Å². The first-order chi connectivity index (χ1) is 9.51. The number of anilines is 1. The first kappa shape index (κ1) is 15.2. The zero-order chi connectivity index (χ0) is 15.0. The van der Waals surface area contributed by atoms with Crippen molar-refractivity contribution < 1.29 is 29.0 Å².